The average molecular weight is 230 g/mol. The fourth-order valence-electron chi connectivity index (χ4n) is 4.25. The monoisotopic (exact) mass is 230 g/mol. The third-order valence-corrected chi connectivity index (χ3v) is 4.36. The van der Waals surface area contributed by atoms with Gasteiger partial charge < -0.3 is 4.90 Å². The third-order valence-electron chi connectivity index (χ3n) is 4.36. The summed E-state index contributed by atoms with van der Waals surface area (Å²) in [6, 6.07) is 6.94. The van der Waals surface area contributed by atoms with Gasteiger partial charge in [-0.1, -0.05) is 26.8 Å². The number of hydrogen-bond donors (Lipinski definition) is 0. The van der Waals surface area contributed by atoms with Crippen LogP contribution in [-0.4, -0.2) is 17.6 Å². The fraction of sp³-hybridized carbons (Fsp3) is 0.667. The van der Waals surface area contributed by atoms with E-state index in [1.807, 2.05) is 12.3 Å². The van der Waals surface area contributed by atoms with Gasteiger partial charge in [-0.2, -0.15) is 0 Å². The van der Waals surface area contributed by atoms with Crippen molar-refractivity contribution in [1.82, 2.24) is 4.98 Å². The van der Waals surface area contributed by atoms with Crippen molar-refractivity contribution in [2.75, 3.05) is 11.4 Å². The number of anilines is 1. The molecule has 1 aromatic heterocycles. The number of fused-ring (bicyclic) bond motifs is 2. The Morgan fingerprint density at radius 3 is 2.76 bits per heavy atom. The molecule has 0 amide bonds. The molecular weight excluding hydrogens is 208 g/mol. The number of aromatic nitrogens is 1. The van der Waals surface area contributed by atoms with E-state index in [-0.39, 0.29) is 0 Å². The molecule has 2 heteroatoms. The van der Waals surface area contributed by atoms with Crippen LogP contribution in [0, 0.1) is 10.8 Å². The van der Waals surface area contributed by atoms with Crippen molar-refractivity contribution >= 4 is 5.82 Å². The highest BCUT2D eigenvalue weighted by Gasteiger charge is 2.49. The van der Waals surface area contributed by atoms with Gasteiger partial charge in [0.15, 0.2) is 0 Å². The topological polar surface area (TPSA) is 16.1 Å². The fourth-order valence-corrected chi connectivity index (χ4v) is 4.25. The Hall–Kier alpha value is -1.05. The zero-order chi connectivity index (χ0) is 12.1. The Labute approximate surface area is 104 Å². The zero-order valence-corrected chi connectivity index (χ0v) is 11.1. The van der Waals surface area contributed by atoms with E-state index in [0.717, 1.165) is 0 Å². The van der Waals surface area contributed by atoms with Crippen LogP contribution in [0.5, 0.6) is 0 Å². The lowest BCUT2D eigenvalue weighted by atomic mass is 9.65. The molecule has 2 nitrogen and oxygen atoms in total. The van der Waals surface area contributed by atoms with Gasteiger partial charge in [0, 0.05) is 18.8 Å². The van der Waals surface area contributed by atoms with Crippen molar-refractivity contribution in [3.8, 4) is 0 Å². The van der Waals surface area contributed by atoms with Gasteiger partial charge in [-0.15, -0.1) is 0 Å². The SMILES string of the molecule is CC1(C)CC2CC(C)(CN2c2ccccn2)C1. The van der Waals surface area contributed by atoms with Crippen LogP contribution in [-0.2, 0) is 0 Å². The largest absolute Gasteiger partial charge is 0.353 e. The van der Waals surface area contributed by atoms with Crippen molar-refractivity contribution in [1.29, 1.82) is 0 Å². The van der Waals surface area contributed by atoms with E-state index in [2.05, 4.69) is 42.8 Å². The van der Waals surface area contributed by atoms with Crippen LogP contribution in [0.1, 0.15) is 40.0 Å². The molecule has 92 valence electrons. The maximum Gasteiger partial charge on any atom is 0.128 e. The second kappa shape index (κ2) is 3.47. The van der Waals surface area contributed by atoms with E-state index in [9.17, 15) is 0 Å². The summed E-state index contributed by atoms with van der Waals surface area (Å²) in [6.07, 6.45) is 5.90. The molecule has 17 heavy (non-hydrogen) atoms. The summed E-state index contributed by atoms with van der Waals surface area (Å²) < 4.78 is 0. The van der Waals surface area contributed by atoms with Crippen molar-refractivity contribution < 1.29 is 0 Å². The van der Waals surface area contributed by atoms with Gasteiger partial charge in [-0.3, -0.25) is 0 Å². The maximum atomic E-state index is 4.53. The standard InChI is InChI=1S/C15H22N2/c1-14(2)8-12-9-15(3,10-14)11-17(12)13-6-4-5-7-16-13/h4-7,12H,8-11H2,1-3H3. The van der Waals surface area contributed by atoms with Crippen LogP contribution in [0.4, 0.5) is 5.82 Å². The van der Waals surface area contributed by atoms with Crippen LogP contribution >= 0.6 is 0 Å². The first kappa shape index (κ1) is 11.1. The number of hydrogen-bond acceptors (Lipinski definition) is 2. The zero-order valence-electron chi connectivity index (χ0n) is 11.1. The lowest BCUT2D eigenvalue weighted by Gasteiger charge is -2.39. The molecule has 1 saturated carbocycles. The molecule has 3 rings (SSSR count). The first-order valence-electron chi connectivity index (χ1n) is 6.65. The summed E-state index contributed by atoms with van der Waals surface area (Å²) in [5, 5.41) is 0. The highest BCUT2D eigenvalue weighted by Crippen LogP contribution is 2.53. The van der Waals surface area contributed by atoms with Gasteiger partial charge in [0.1, 0.15) is 5.82 Å². The third kappa shape index (κ3) is 1.94. The number of pyridine rings is 1. The Balaban J connectivity index is 1.91. The molecule has 0 spiro atoms. The summed E-state index contributed by atoms with van der Waals surface area (Å²) in [4.78, 5) is 7.06. The molecule has 2 aliphatic rings. The van der Waals surface area contributed by atoms with Crippen LogP contribution in [0.3, 0.4) is 0 Å². The minimum Gasteiger partial charge on any atom is -0.353 e. The van der Waals surface area contributed by atoms with Crippen LogP contribution in [0.2, 0.25) is 0 Å². The molecule has 2 heterocycles. The predicted molar refractivity (Wildman–Crippen MR) is 71.1 cm³/mol. The summed E-state index contributed by atoms with van der Waals surface area (Å²) in [6.45, 7) is 8.46. The molecule has 2 bridgehead atoms. The maximum absolute atomic E-state index is 4.53. The molecule has 1 aromatic rings. The molecule has 0 radical (unpaired) electrons. The van der Waals surface area contributed by atoms with E-state index < -0.39 is 0 Å². The van der Waals surface area contributed by atoms with E-state index in [1.165, 1.54) is 31.6 Å². The van der Waals surface area contributed by atoms with Crippen LogP contribution < -0.4 is 4.90 Å². The molecule has 2 fully saturated rings. The second-order valence-electron chi connectivity index (χ2n) is 7.03. The first-order valence-corrected chi connectivity index (χ1v) is 6.65. The van der Waals surface area contributed by atoms with E-state index in [1.54, 1.807) is 0 Å². The first-order chi connectivity index (χ1) is 7.98. The molecule has 1 aliphatic heterocycles. The quantitative estimate of drug-likeness (QED) is 0.734. The summed E-state index contributed by atoms with van der Waals surface area (Å²) >= 11 is 0. The van der Waals surface area contributed by atoms with Crippen molar-refractivity contribution in [3.63, 3.8) is 0 Å². The Bertz CT molecular complexity index is 412. The highest BCUT2D eigenvalue weighted by molar-refractivity contribution is 5.42. The number of nitrogens with zero attached hydrogens (tertiary/aromatic N) is 2. The molecule has 0 N–H and O–H groups in total. The predicted octanol–water partition coefficient (Wildman–Crippen LogP) is 3.49. The Morgan fingerprint density at radius 2 is 2.06 bits per heavy atom. The van der Waals surface area contributed by atoms with Gasteiger partial charge in [-0.25, -0.2) is 4.98 Å². The Kier molecular flexibility index (Phi) is 2.26. The van der Waals surface area contributed by atoms with Crippen molar-refractivity contribution in [3.05, 3.63) is 24.4 Å². The van der Waals surface area contributed by atoms with Crippen molar-refractivity contribution in [2.45, 2.75) is 46.1 Å². The van der Waals surface area contributed by atoms with Gasteiger partial charge >= 0.3 is 0 Å². The van der Waals surface area contributed by atoms with E-state index in [4.69, 9.17) is 0 Å². The smallest absolute Gasteiger partial charge is 0.128 e. The van der Waals surface area contributed by atoms with Crippen LogP contribution in [0.15, 0.2) is 24.4 Å². The number of rotatable bonds is 1. The second-order valence-corrected chi connectivity index (χ2v) is 7.03. The lowest BCUT2D eigenvalue weighted by Crippen LogP contribution is -2.34. The molecule has 1 aliphatic carbocycles. The molecule has 1 saturated heterocycles. The van der Waals surface area contributed by atoms with E-state index in [0.29, 0.717) is 16.9 Å². The lowest BCUT2D eigenvalue weighted by molar-refractivity contribution is 0.136. The average Bonchev–Trinajstić information content (AvgIpc) is 2.49. The van der Waals surface area contributed by atoms with Gasteiger partial charge in [-0.05, 0) is 42.2 Å². The van der Waals surface area contributed by atoms with Gasteiger partial charge in [0.2, 0.25) is 0 Å². The molecule has 2 unspecified atom stereocenters. The minimum absolute atomic E-state index is 0.487. The molecular formula is C15H22N2. The minimum atomic E-state index is 0.487. The van der Waals surface area contributed by atoms with E-state index >= 15 is 0 Å². The van der Waals surface area contributed by atoms with Gasteiger partial charge in [0.05, 0.1) is 0 Å². The summed E-state index contributed by atoms with van der Waals surface area (Å²) in [5.41, 5.74) is 0.977. The summed E-state index contributed by atoms with van der Waals surface area (Å²) in [7, 11) is 0. The van der Waals surface area contributed by atoms with Crippen molar-refractivity contribution in [2.24, 2.45) is 10.8 Å². The normalized spacial score (nSPS) is 35.0. The summed E-state index contributed by atoms with van der Waals surface area (Å²) in [5.74, 6) is 1.17. The highest BCUT2D eigenvalue weighted by atomic mass is 15.2. The van der Waals surface area contributed by atoms with Gasteiger partial charge in [0.25, 0.3) is 0 Å². The molecule has 2 atom stereocenters. The van der Waals surface area contributed by atoms with Crippen LogP contribution in [0.25, 0.3) is 0 Å². The molecule has 0 aromatic carbocycles. The Morgan fingerprint density at radius 1 is 1.24 bits per heavy atom.